The maximum absolute atomic E-state index is 12.5. The predicted molar refractivity (Wildman–Crippen MR) is 109 cm³/mol. The maximum atomic E-state index is 12.5. The highest BCUT2D eigenvalue weighted by molar-refractivity contribution is 5.90. The molecule has 4 rings (SSSR count). The Morgan fingerprint density at radius 1 is 0.966 bits per heavy atom. The zero-order chi connectivity index (χ0) is 20.2. The zero-order valence-corrected chi connectivity index (χ0v) is 15.6. The summed E-state index contributed by atoms with van der Waals surface area (Å²) in [6, 6.07) is 17.8. The number of aromatic nitrogens is 3. The number of hydrogen-bond acceptors (Lipinski definition) is 4. The fraction of sp³-hybridized carbons (Fsp3) is 0.136. The molecule has 0 aliphatic carbocycles. The number of carbonyl (C=O) groups is 1. The van der Waals surface area contributed by atoms with Crippen LogP contribution < -0.4 is 11.2 Å². The molecule has 0 amide bonds. The number of H-pyrrole nitrogens is 1. The lowest BCUT2D eigenvalue weighted by Gasteiger charge is -2.09. The van der Waals surface area contributed by atoms with E-state index in [4.69, 9.17) is 4.74 Å². The summed E-state index contributed by atoms with van der Waals surface area (Å²) in [7, 11) is 0. The Hall–Kier alpha value is -3.87. The van der Waals surface area contributed by atoms with E-state index < -0.39 is 11.7 Å². The molecule has 7 nitrogen and oxygen atoms in total. The lowest BCUT2D eigenvalue weighted by molar-refractivity contribution is 0.0495. The first kappa shape index (κ1) is 18.5. The van der Waals surface area contributed by atoms with E-state index >= 15 is 0 Å². The molecule has 0 aliphatic heterocycles. The number of nitrogens with one attached hydrogen (secondary N) is 1. The standard InChI is InChI=1S/C22H19N3O4/c26-20-18-9-1-2-10-19(18)23-22(28)25(20)13-6-14-29-21(27)16-7-5-8-17(15-16)24-11-3-4-12-24/h1-5,7-12,15H,6,13-14H2,(H,23,28). The van der Waals surface area contributed by atoms with Crippen LogP contribution in [0.15, 0.2) is 82.6 Å². The fourth-order valence-corrected chi connectivity index (χ4v) is 3.17. The molecule has 2 aromatic heterocycles. The van der Waals surface area contributed by atoms with Crippen LogP contribution in [0.1, 0.15) is 16.8 Å². The Morgan fingerprint density at radius 3 is 2.59 bits per heavy atom. The van der Waals surface area contributed by atoms with Crippen LogP contribution >= 0.6 is 0 Å². The molecule has 2 heterocycles. The number of esters is 1. The number of fused-ring (bicyclic) bond motifs is 1. The molecule has 0 radical (unpaired) electrons. The molecule has 0 fully saturated rings. The van der Waals surface area contributed by atoms with Gasteiger partial charge in [0.2, 0.25) is 0 Å². The quantitative estimate of drug-likeness (QED) is 0.406. The summed E-state index contributed by atoms with van der Waals surface area (Å²) in [6.45, 7) is 0.265. The molecule has 0 atom stereocenters. The summed E-state index contributed by atoms with van der Waals surface area (Å²) < 4.78 is 8.34. The molecule has 4 aromatic rings. The minimum atomic E-state index is -0.473. The lowest BCUT2D eigenvalue weighted by atomic mass is 10.2. The summed E-state index contributed by atoms with van der Waals surface area (Å²) >= 11 is 0. The SMILES string of the molecule is O=C(OCCCn1c(=O)[nH]c2ccccc2c1=O)c1cccc(-n2cccc2)c1. The first-order valence-electron chi connectivity index (χ1n) is 9.26. The van der Waals surface area contributed by atoms with E-state index in [2.05, 4.69) is 4.98 Å². The van der Waals surface area contributed by atoms with Gasteiger partial charge in [-0.25, -0.2) is 9.59 Å². The molecule has 29 heavy (non-hydrogen) atoms. The van der Waals surface area contributed by atoms with E-state index in [0.29, 0.717) is 22.9 Å². The molecule has 0 bridgehead atoms. The molecule has 146 valence electrons. The van der Waals surface area contributed by atoms with Crippen LogP contribution in [0.5, 0.6) is 0 Å². The highest BCUT2D eigenvalue weighted by atomic mass is 16.5. The van der Waals surface area contributed by atoms with Gasteiger partial charge in [0.25, 0.3) is 5.56 Å². The van der Waals surface area contributed by atoms with Gasteiger partial charge < -0.3 is 14.3 Å². The topological polar surface area (TPSA) is 86.1 Å². The molecule has 0 spiro atoms. The van der Waals surface area contributed by atoms with E-state index in [1.54, 1.807) is 42.5 Å². The van der Waals surface area contributed by atoms with Gasteiger partial charge in [-0.2, -0.15) is 0 Å². The van der Waals surface area contributed by atoms with Crippen molar-refractivity contribution in [1.82, 2.24) is 14.1 Å². The third-order valence-electron chi connectivity index (χ3n) is 4.63. The summed E-state index contributed by atoms with van der Waals surface area (Å²) in [6.07, 6.45) is 4.14. The van der Waals surface area contributed by atoms with Gasteiger partial charge in [-0.15, -0.1) is 0 Å². The number of carbonyl (C=O) groups excluding carboxylic acids is 1. The second-order valence-electron chi connectivity index (χ2n) is 6.56. The van der Waals surface area contributed by atoms with Crippen LogP contribution in [0.4, 0.5) is 0 Å². The van der Waals surface area contributed by atoms with Gasteiger partial charge in [-0.1, -0.05) is 18.2 Å². The maximum Gasteiger partial charge on any atom is 0.338 e. The number of ether oxygens (including phenoxy) is 1. The second-order valence-corrected chi connectivity index (χ2v) is 6.56. The van der Waals surface area contributed by atoms with E-state index in [-0.39, 0.29) is 18.7 Å². The molecule has 0 saturated carbocycles. The Balaban J connectivity index is 1.40. The fourth-order valence-electron chi connectivity index (χ4n) is 3.17. The van der Waals surface area contributed by atoms with Crippen molar-refractivity contribution < 1.29 is 9.53 Å². The van der Waals surface area contributed by atoms with Crippen LogP contribution in [0, 0.1) is 0 Å². The minimum absolute atomic E-state index is 0.102. The largest absolute Gasteiger partial charge is 0.462 e. The van der Waals surface area contributed by atoms with Crippen LogP contribution in [-0.2, 0) is 11.3 Å². The monoisotopic (exact) mass is 389 g/mol. The van der Waals surface area contributed by atoms with E-state index in [1.807, 2.05) is 35.2 Å². The van der Waals surface area contributed by atoms with Crippen molar-refractivity contribution in [3.8, 4) is 5.69 Å². The Morgan fingerprint density at radius 2 is 1.76 bits per heavy atom. The van der Waals surface area contributed by atoms with Crippen molar-refractivity contribution in [2.45, 2.75) is 13.0 Å². The zero-order valence-electron chi connectivity index (χ0n) is 15.6. The van der Waals surface area contributed by atoms with Crippen molar-refractivity contribution in [2.24, 2.45) is 0 Å². The van der Waals surface area contributed by atoms with Crippen LogP contribution in [0.3, 0.4) is 0 Å². The van der Waals surface area contributed by atoms with Gasteiger partial charge >= 0.3 is 11.7 Å². The third-order valence-corrected chi connectivity index (χ3v) is 4.63. The Labute approximate surface area is 165 Å². The smallest absolute Gasteiger partial charge is 0.338 e. The number of para-hydroxylation sites is 1. The van der Waals surface area contributed by atoms with Gasteiger partial charge in [0, 0.05) is 24.6 Å². The first-order chi connectivity index (χ1) is 14.1. The highest BCUT2D eigenvalue weighted by Gasteiger charge is 2.10. The molecular formula is C22H19N3O4. The van der Waals surface area contributed by atoms with E-state index in [9.17, 15) is 14.4 Å². The number of rotatable bonds is 6. The molecule has 0 saturated heterocycles. The van der Waals surface area contributed by atoms with Gasteiger partial charge in [-0.3, -0.25) is 9.36 Å². The molecule has 7 heteroatoms. The van der Waals surface area contributed by atoms with E-state index in [1.165, 1.54) is 0 Å². The van der Waals surface area contributed by atoms with Gasteiger partial charge in [0.15, 0.2) is 0 Å². The van der Waals surface area contributed by atoms with Crippen molar-refractivity contribution in [2.75, 3.05) is 6.61 Å². The molecule has 0 aliphatic rings. The van der Waals surface area contributed by atoms with Gasteiger partial charge in [0.05, 0.1) is 23.1 Å². The third kappa shape index (κ3) is 3.89. The van der Waals surface area contributed by atoms with E-state index in [0.717, 1.165) is 10.3 Å². The normalized spacial score (nSPS) is 10.9. The van der Waals surface area contributed by atoms with Crippen molar-refractivity contribution in [1.29, 1.82) is 0 Å². The average molecular weight is 389 g/mol. The lowest BCUT2D eigenvalue weighted by Crippen LogP contribution is -2.35. The second kappa shape index (κ2) is 8.02. The average Bonchev–Trinajstić information content (AvgIpc) is 3.28. The molecular weight excluding hydrogens is 370 g/mol. The number of benzene rings is 2. The minimum Gasteiger partial charge on any atom is -0.462 e. The Bertz CT molecular complexity index is 1270. The van der Waals surface area contributed by atoms with Crippen molar-refractivity contribution in [3.05, 3.63) is 99.5 Å². The van der Waals surface area contributed by atoms with Gasteiger partial charge in [-0.05, 0) is 48.9 Å². The highest BCUT2D eigenvalue weighted by Crippen LogP contribution is 2.12. The summed E-state index contributed by atoms with van der Waals surface area (Å²) in [4.78, 5) is 39.6. The van der Waals surface area contributed by atoms with Crippen molar-refractivity contribution >= 4 is 16.9 Å². The van der Waals surface area contributed by atoms with Crippen LogP contribution in [0.25, 0.3) is 16.6 Å². The predicted octanol–water partition coefficient (Wildman–Crippen LogP) is 2.73. The number of aromatic amines is 1. The summed E-state index contributed by atoms with van der Waals surface area (Å²) in [5.41, 5.74) is 0.984. The molecule has 1 N–H and O–H groups in total. The number of nitrogens with zero attached hydrogens (tertiary/aromatic N) is 2. The van der Waals surface area contributed by atoms with Crippen LogP contribution in [-0.4, -0.2) is 26.7 Å². The first-order valence-corrected chi connectivity index (χ1v) is 9.26. The molecule has 2 aromatic carbocycles. The number of hydrogen-bond donors (Lipinski definition) is 1. The summed E-state index contributed by atoms with van der Waals surface area (Å²) in [5, 5.41) is 0.450. The van der Waals surface area contributed by atoms with Crippen LogP contribution in [0.2, 0.25) is 0 Å². The molecule has 0 unspecified atom stereocenters. The van der Waals surface area contributed by atoms with Crippen molar-refractivity contribution in [3.63, 3.8) is 0 Å². The van der Waals surface area contributed by atoms with Gasteiger partial charge in [0.1, 0.15) is 0 Å². The Kier molecular flexibility index (Phi) is 5.11. The summed E-state index contributed by atoms with van der Waals surface area (Å²) in [5.74, 6) is -0.446.